The van der Waals surface area contributed by atoms with Crippen LogP contribution in [0.3, 0.4) is 0 Å². The van der Waals surface area contributed by atoms with Gasteiger partial charge in [0.1, 0.15) is 10.9 Å². The van der Waals surface area contributed by atoms with E-state index in [1.807, 2.05) is 26.0 Å². The molecule has 0 unspecified atom stereocenters. The third-order valence-corrected chi connectivity index (χ3v) is 8.49. The van der Waals surface area contributed by atoms with Gasteiger partial charge in [-0.2, -0.15) is 0 Å². The van der Waals surface area contributed by atoms with Gasteiger partial charge >= 0.3 is 0 Å². The van der Waals surface area contributed by atoms with E-state index in [-0.39, 0.29) is 34.2 Å². The number of rotatable bonds is 12. The standard InChI is InChI=1S/C24H28Cl2N4O4S2/c1-15(2)12-19(30-24(32)21-14-18-20(35-21)6-5-10-27-18)23(31)28-9-3-4-11-29-36(33,34)22-8-7-16(25)13-17(22)26/h5-8,10,13-15,19,29H,3-4,9,11-12H2,1-2H3,(H,28,31)(H,30,32)/t19-/m0/s1. The lowest BCUT2D eigenvalue weighted by Gasteiger charge is -2.20. The van der Waals surface area contributed by atoms with Gasteiger partial charge in [-0.25, -0.2) is 13.1 Å². The number of pyridine rings is 1. The molecule has 0 fully saturated rings. The quantitative estimate of drug-likeness (QED) is 0.274. The van der Waals surface area contributed by atoms with Crippen LogP contribution in [0.25, 0.3) is 10.2 Å². The van der Waals surface area contributed by atoms with E-state index in [1.165, 1.54) is 29.5 Å². The number of carbonyl (C=O) groups is 2. The number of hydrogen-bond acceptors (Lipinski definition) is 6. The molecule has 0 bridgehead atoms. The van der Waals surface area contributed by atoms with Crippen molar-refractivity contribution in [2.75, 3.05) is 13.1 Å². The first-order chi connectivity index (χ1) is 17.1. The maximum atomic E-state index is 12.8. The third kappa shape index (κ3) is 7.88. The highest BCUT2D eigenvalue weighted by Gasteiger charge is 2.23. The minimum absolute atomic E-state index is 0.0384. The van der Waals surface area contributed by atoms with Gasteiger partial charge in [0, 0.05) is 24.3 Å². The summed E-state index contributed by atoms with van der Waals surface area (Å²) in [5, 5.41) is 6.08. The predicted molar refractivity (Wildman–Crippen MR) is 144 cm³/mol. The summed E-state index contributed by atoms with van der Waals surface area (Å²) in [5.41, 5.74) is 0.742. The van der Waals surface area contributed by atoms with E-state index < -0.39 is 16.1 Å². The second kappa shape index (κ2) is 12.8. The number of carbonyl (C=O) groups excluding carboxylic acids is 2. The third-order valence-electron chi connectivity index (χ3n) is 5.22. The van der Waals surface area contributed by atoms with Gasteiger partial charge in [-0.05, 0) is 61.6 Å². The van der Waals surface area contributed by atoms with Crippen LogP contribution in [-0.2, 0) is 14.8 Å². The van der Waals surface area contributed by atoms with Crippen LogP contribution >= 0.6 is 34.5 Å². The van der Waals surface area contributed by atoms with E-state index in [0.29, 0.717) is 35.7 Å². The summed E-state index contributed by atoms with van der Waals surface area (Å²) >= 11 is 13.1. The summed E-state index contributed by atoms with van der Waals surface area (Å²) in [6.07, 6.45) is 3.21. The van der Waals surface area contributed by atoms with Crippen molar-refractivity contribution in [1.82, 2.24) is 20.3 Å². The van der Waals surface area contributed by atoms with E-state index in [1.54, 1.807) is 12.3 Å². The normalized spacial score (nSPS) is 12.6. The van der Waals surface area contributed by atoms with Gasteiger partial charge in [0.25, 0.3) is 5.91 Å². The highest BCUT2D eigenvalue weighted by molar-refractivity contribution is 7.89. The molecule has 8 nitrogen and oxygen atoms in total. The van der Waals surface area contributed by atoms with Crippen LogP contribution in [0.1, 0.15) is 42.8 Å². The van der Waals surface area contributed by atoms with Crippen molar-refractivity contribution in [1.29, 1.82) is 0 Å². The van der Waals surface area contributed by atoms with Crippen LogP contribution in [0.2, 0.25) is 10.0 Å². The van der Waals surface area contributed by atoms with E-state index >= 15 is 0 Å². The Morgan fingerprint density at radius 3 is 2.53 bits per heavy atom. The number of nitrogens with one attached hydrogen (secondary N) is 3. The summed E-state index contributed by atoms with van der Waals surface area (Å²) in [6, 6.07) is 8.93. The van der Waals surface area contributed by atoms with Crippen molar-refractivity contribution >= 4 is 66.6 Å². The molecule has 36 heavy (non-hydrogen) atoms. The lowest BCUT2D eigenvalue weighted by Crippen LogP contribution is -2.47. The van der Waals surface area contributed by atoms with Gasteiger partial charge in [0.05, 0.1) is 20.1 Å². The number of halogens is 2. The van der Waals surface area contributed by atoms with Gasteiger partial charge in [0.15, 0.2) is 0 Å². The average molecular weight is 572 g/mol. The SMILES string of the molecule is CC(C)C[C@H](NC(=O)c1cc2ncccc2s1)C(=O)NCCCCNS(=O)(=O)c1ccc(Cl)cc1Cl. The summed E-state index contributed by atoms with van der Waals surface area (Å²) in [6.45, 7) is 4.49. The maximum Gasteiger partial charge on any atom is 0.262 e. The zero-order valence-corrected chi connectivity index (χ0v) is 23.0. The second-order valence-electron chi connectivity index (χ2n) is 8.62. The fourth-order valence-corrected chi connectivity index (χ4v) is 6.24. The Bertz CT molecular complexity index is 1300. The molecule has 0 saturated heterocycles. The Morgan fingerprint density at radius 2 is 1.83 bits per heavy atom. The van der Waals surface area contributed by atoms with Crippen LogP contribution in [-0.4, -0.2) is 44.3 Å². The number of thiophene rings is 1. The Morgan fingerprint density at radius 1 is 1.08 bits per heavy atom. The number of benzene rings is 1. The van der Waals surface area contributed by atoms with Crippen LogP contribution < -0.4 is 15.4 Å². The number of aromatic nitrogens is 1. The molecule has 2 aromatic heterocycles. The zero-order valence-electron chi connectivity index (χ0n) is 19.9. The number of sulfonamides is 1. The van der Waals surface area contributed by atoms with Crippen LogP contribution in [0, 0.1) is 5.92 Å². The van der Waals surface area contributed by atoms with Gasteiger partial charge in [-0.15, -0.1) is 11.3 Å². The molecule has 2 heterocycles. The minimum Gasteiger partial charge on any atom is -0.354 e. The highest BCUT2D eigenvalue weighted by atomic mass is 35.5. The van der Waals surface area contributed by atoms with Crippen LogP contribution in [0.5, 0.6) is 0 Å². The summed E-state index contributed by atoms with van der Waals surface area (Å²) in [4.78, 5) is 30.3. The number of hydrogen-bond donors (Lipinski definition) is 3. The first-order valence-electron chi connectivity index (χ1n) is 11.4. The molecule has 1 atom stereocenters. The van der Waals surface area contributed by atoms with Crippen molar-refractivity contribution < 1.29 is 18.0 Å². The predicted octanol–water partition coefficient (Wildman–Crippen LogP) is 4.62. The lowest BCUT2D eigenvalue weighted by molar-refractivity contribution is -0.123. The number of unbranched alkanes of at least 4 members (excludes halogenated alkanes) is 1. The molecule has 0 saturated carbocycles. The van der Waals surface area contributed by atoms with Gasteiger partial charge in [-0.1, -0.05) is 37.0 Å². The summed E-state index contributed by atoms with van der Waals surface area (Å²) in [7, 11) is -3.77. The topological polar surface area (TPSA) is 117 Å². The first-order valence-corrected chi connectivity index (χ1v) is 14.5. The summed E-state index contributed by atoms with van der Waals surface area (Å²) in [5.74, 6) is -0.391. The molecule has 194 valence electrons. The van der Waals surface area contributed by atoms with Crippen LogP contribution in [0.4, 0.5) is 0 Å². The monoisotopic (exact) mass is 570 g/mol. The van der Waals surface area contributed by atoms with E-state index in [2.05, 4.69) is 20.3 Å². The van der Waals surface area contributed by atoms with Gasteiger partial charge in [0.2, 0.25) is 15.9 Å². The molecule has 3 aromatic rings. The molecule has 0 aliphatic carbocycles. The number of fused-ring (bicyclic) bond motifs is 1. The fourth-order valence-electron chi connectivity index (χ4n) is 3.48. The first kappa shape index (κ1) is 28.3. The van der Waals surface area contributed by atoms with Crippen molar-refractivity contribution in [2.24, 2.45) is 5.92 Å². The maximum absolute atomic E-state index is 12.8. The summed E-state index contributed by atoms with van der Waals surface area (Å²) < 4.78 is 28.2. The molecular weight excluding hydrogens is 543 g/mol. The second-order valence-corrected chi connectivity index (χ2v) is 12.3. The van der Waals surface area contributed by atoms with E-state index in [9.17, 15) is 18.0 Å². The minimum atomic E-state index is -3.77. The largest absolute Gasteiger partial charge is 0.354 e. The molecule has 0 aliphatic rings. The Hall–Kier alpha value is -2.24. The Kier molecular flexibility index (Phi) is 10.1. The van der Waals surface area contributed by atoms with E-state index in [4.69, 9.17) is 23.2 Å². The smallest absolute Gasteiger partial charge is 0.262 e. The van der Waals surface area contributed by atoms with Crippen molar-refractivity contribution in [3.63, 3.8) is 0 Å². The average Bonchev–Trinajstić information content (AvgIpc) is 3.24. The van der Waals surface area contributed by atoms with Crippen molar-refractivity contribution in [3.8, 4) is 0 Å². The molecule has 3 rings (SSSR count). The molecule has 0 radical (unpaired) electrons. The zero-order chi connectivity index (χ0) is 26.3. The molecule has 1 aromatic carbocycles. The molecule has 0 aliphatic heterocycles. The fraction of sp³-hybridized carbons (Fsp3) is 0.375. The van der Waals surface area contributed by atoms with Crippen molar-refractivity contribution in [2.45, 2.75) is 44.0 Å². The van der Waals surface area contributed by atoms with E-state index in [0.717, 1.165) is 10.2 Å². The van der Waals surface area contributed by atoms with Gasteiger partial charge < -0.3 is 10.6 Å². The van der Waals surface area contributed by atoms with Crippen molar-refractivity contribution in [3.05, 3.63) is 57.5 Å². The number of nitrogens with zero attached hydrogens (tertiary/aromatic N) is 1. The molecule has 12 heteroatoms. The molecule has 0 spiro atoms. The van der Waals surface area contributed by atoms with Crippen LogP contribution in [0.15, 0.2) is 47.5 Å². The number of amides is 2. The molecule has 2 amide bonds. The Balaban J connectivity index is 1.47. The molecule has 3 N–H and O–H groups in total. The van der Waals surface area contributed by atoms with Gasteiger partial charge in [-0.3, -0.25) is 14.6 Å². The highest BCUT2D eigenvalue weighted by Crippen LogP contribution is 2.25. The molecular formula is C24H28Cl2N4O4S2. The lowest BCUT2D eigenvalue weighted by atomic mass is 10.0. The Labute approximate surface area is 224 Å².